The number of halogens is 1. The third-order valence-corrected chi connectivity index (χ3v) is 9.14. The Morgan fingerprint density at radius 1 is 0.946 bits per heavy atom. The molecule has 2 bridgehead atoms. The summed E-state index contributed by atoms with van der Waals surface area (Å²) in [6.07, 6.45) is 5.51. The molecule has 2 aromatic carbocycles. The summed E-state index contributed by atoms with van der Waals surface area (Å²) in [6.45, 7) is 2.04. The van der Waals surface area contributed by atoms with Gasteiger partial charge in [0.15, 0.2) is 0 Å². The predicted molar refractivity (Wildman–Crippen MR) is 136 cm³/mol. The van der Waals surface area contributed by atoms with Crippen LogP contribution in [0.1, 0.15) is 18.4 Å². The van der Waals surface area contributed by atoms with Gasteiger partial charge >= 0.3 is 5.97 Å². The summed E-state index contributed by atoms with van der Waals surface area (Å²) in [5, 5.41) is 0.571. The summed E-state index contributed by atoms with van der Waals surface area (Å²) in [6, 6.07) is 11.9. The molecule has 0 N–H and O–H groups in total. The standard InChI is InChI=1S/C29H25ClN2O5/c1-14-10-18(37-29(36)15-11-24(33)31(13-15)17-4-2-16(30)3-5-17)6-9-23(14)32-27(34)25-19-7-8-20(22-12-21(19)22)26(25)28(32)35/h2-10,15,19-22,25-26H,11-13H2,1H3/t15-,19+,20+,21-,22+,25-,26+/m1/s1. The monoisotopic (exact) mass is 516 g/mol. The minimum absolute atomic E-state index is 0.0659. The van der Waals surface area contributed by atoms with Crippen LogP contribution in [0.5, 0.6) is 5.75 Å². The van der Waals surface area contributed by atoms with Crippen LogP contribution in [-0.2, 0) is 19.2 Å². The molecule has 7 atom stereocenters. The summed E-state index contributed by atoms with van der Waals surface area (Å²) in [4.78, 5) is 55.2. The Morgan fingerprint density at radius 3 is 2.22 bits per heavy atom. The molecule has 2 aliphatic heterocycles. The number of aryl methyl sites for hydroxylation is 1. The average Bonchev–Trinajstić information content (AvgIpc) is 3.56. The number of carbonyl (C=O) groups is 4. The number of imide groups is 1. The molecule has 2 saturated carbocycles. The fourth-order valence-corrected chi connectivity index (χ4v) is 7.20. The van der Waals surface area contributed by atoms with Crippen LogP contribution in [0, 0.1) is 48.3 Å². The highest BCUT2D eigenvalue weighted by Gasteiger charge is 2.67. The molecule has 0 unspecified atom stereocenters. The topological polar surface area (TPSA) is 84.0 Å². The Hall–Kier alpha value is -3.45. The molecule has 2 aromatic rings. The SMILES string of the molecule is Cc1cc(OC(=O)[C@@H]2CC(=O)N(c3ccc(Cl)cc3)C2)ccc1N1C(=O)[C@@H]2[C@H]3C=C[C@@H]([C@@H]4C[C@H]34)[C@@H]2C1=O. The minimum Gasteiger partial charge on any atom is -0.426 e. The van der Waals surface area contributed by atoms with Crippen LogP contribution < -0.4 is 14.5 Å². The molecule has 37 heavy (non-hydrogen) atoms. The van der Waals surface area contributed by atoms with Crippen molar-refractivity contribution >= 4 is 46.7 Å². The maximum atomic E-state index is 13.4. The van der Waals surface area contributed by atoms with E-state index in [2.05, 4.69) is 12.2 Å². The molecular weight excluding hydrogens is 492 g/mol. The Bertz CT molecular complexity index is 1370. The van der Waals surface area contributed by atoms with Crippen molar-refractivity contribution in [2.45, 2.75) is 19.8 Å². The second kappa shape index (κ2) is 8.02. The van der Waals surface area contributed by atoms with Crippen LogP contribution in [0.15, 0.2) is 54.6 Å². The molecule has 8 rings (SSSR count). The summed E-state index contributed by atoms with van der Waals surface area (Å²) >= 11 is 5.94. The molecule has 4 fully saturated rings. The van der Waals surface area contributed by atoms with Crippen molar-refractivity contribution in [1.82, 2.24) is 0 Å². The first-order valence-electron chi connectivity index (χ1n) is 12.8. The van der Waals surface area contributed by atoms with Gasteiger partial charge in [-0.25, -0.2) is 4.90 Å². The van der Waals surface area contributed by atoms with Crippen molar-refractivity contribution in [3.63, 3.8) is 0 Å². The number of nitrogens with zero attached hydrogens (tertiary/aromatic N) is 2. The van der Waals surface area contributed by atoms with Crippen molar-refractivity contribution in [2.24, 2.45) is 41.4 Å². The van der Waals surface area contributed by atoms with Crippen LogP contribution in [0.2, 0.25) is 5.02 Å². The van der Waals surface area contributed by atoms with E-state index in [4.69, 9.17) is 16.3 Å². The summed E-state index contributed by atoms with van der Waals surface area (Å²) in [5.74, 6) is -0.208. The Kier molecular flexibility index (Phi) is 4.93. The number of benzene rings is 2. The molecule has 2 heterocycles. The van der Waals surface area contributed by atoms with E-state index in [9.17, 15) is 19.2 Å². The first-order chi connectivity index (χ1) is 17.8. The lowest BCUT2D eigenvalue weighted by molar-refractivity contribution is -0.139. The first-order valence-corrected chi connectivity index (χ1v) is 13.1. The zero-order valence-corrected chi connectivity index (χ0v) is 20.9. The lowest BCUT2D eigenvalue weighted by Crippen LogP contribution is -2.40. The first kappa shape index (κ1) is 22.7. The molecule has 0 spiro atoms. The number of amides is 3. The molecule has 8 heteroatoms. The third-order valence-electron chi connectivity index (χ3n) is 8.89. The molecule has 188 valence electrons. The van der Waals surface area contributed by atoms with Crippen molar-refractivity contribution < 1.29 is 23.9 Å². The molecule has 4 aliphatic carbocycles. The predicted octanol–water partition coefficient (Wildman–Crippen LogP) is 4.16. The number of carbonyl (C=O) groups excluding carboxylic acids is 4. The quantitative estimate of drug-likeness (QED) is 0.264. The van der Waals surface area contributed by atoms with E-state index in [-0.39, 0.29) is 54.4 Å². The molecule has 0 radical (unpaired) electrons. The maximum Gasteiger partial charge on any atom is 0.316 e. The van der Waals surface area contributed by atoms with Crippen LogP contribution in [0.4, 0.5) is 11.4 Å². The normalized spacial score (nSPS) is 33.1. The van der Waals surface area contributed by atoms with Crippen molar-refractivity contribution in [3.8, 4) is 5.75 Å². The molecule has 0 aromatic heterocycles. The number of esters is 1. The van der Waals surface area contributed by atoms with Gasteiger partial charge in [-0.05, 0) is 85.0 Å². The zero-order valence-electron chi connectivity index (χ0n) is 20.2. The van der Waals surface area contributed by atoms with Gasteiger partial charge in [-0.1, -0.05) is 23.8 Å². The number of anilines is 2. The second-order valence-electron chi connectivity index (χ2n) is 10.9. The van der Waals surface area contributed by atoms with E-state index in [1.807, 2.05) is 0 Å². The van der Waals surface area contributed by atoms with Crippen molar-refractivity contribution in [1.29, 1.82) is 0 Å². The molecule has 6 aliphatic rings. The highest BCUT2D eigenvalue weighted by atomic mass is 35.5. The fourth-order valence-electron chi connectivity index (χ4n) is 7.07. The third kappa shape index (κ3) is 3.40. The summed E-state index contributed by atoms with van der Waals surface area (Å²) < 4.78 is 5.62. The number of hydrogen-bond donors (Lipinski definition) is 0. The van der Waals surface area contributed by atoms with Gasteiger partial charge in [-0.3, -0.25) is 19.2 Å². The molecule has 3 amide bonds. The second-order valence-corrected chi connectivity index (χ2v) is 11.4. The molecular formula is C29H25ClN2O5. The molecule has 2 saturated heterocycles. The number of allylic oxidation sites excluding steroid dienone is 2. The van der Waals surface area contributed by atoms with E-state index < -0.39 is 11.9 Å². The zero-order chi connectivity index (χ0) is 25.6. The van der Waals surface area contributed by atoms with Gasteiger partial charge in [0.25, 0.3) is 0 Å². The van der Waals surface area contributed by atoms with Gasteiger partial charge in [0.2, 0.25) is 17.7 Å². The van der Waals surface area contributed by atoms with Crippen LogP contribution in [0.25, 0.3) is 0 Å². The molecule has 7 nitrogen and oxygen atoms in total. The number of hydrogen-bond acceptors (Lipinski definition) is 5. The van der Waals surface area contributed by atoms with E-state index in [0.29, 0.717) is 39.5 Å². The Balaban J connectivity index is 1.06. The lowest BCUT2D eigenvalue weighted by Gasteiger charge is -2.37. The van der Waals surface area contributed by atoms with E-state index >= 15 is 0 Å². The van der Waals surface area contributed by atoms with Gasteiger partial charge in [-0.15, -0.1) is 0 Å². The Morgan fingerprint density at radius 2 is 1.59 bits per heavy atom. The number of rotatable bonds is 4. The number of ether oxygens (including phenoxy) is 1. The average molecular weight is 517 g/mol. The Labute approximate surface area is 219 Å². The van der Waals surface area contributed by atoms with Gasteiger partial charge < -0.3 is 9.64 Å². The minimum atomic E-state index is -0.595. The summed E-state index contributed by atoms with van der Waals surface area (Å²) in [7, 11) is 0. The van der Waals surface area contributed by atoms with E-state index in [0.717, 1.165) is 6.42 Å². The largest absolute Gasteiger partial charge is 0.426 e. The van der Waals surface area contributed by atoms with Gasteiger partial charge in [0, 0.05) is 23.7 Å². The van der Waals surface area contributed by atoms with Crippen LogP contribution >= 0.6 is 11.6 Å². The maximum absolute atomic E-state index is 13.4. The fraction of sp³-hybridized carbons (Fsp3) is 0.379. The van der Waals surface area contributed by atoms with Crippen LogP contribution in [0.3, 0.4) is 0 Å². The van der Waals surface area contributed by atoms with E-state index in [1.54, 1.807) is 54.3 Å². The van der Waals surface area contributed by atoms with Crippen LogP contribution in [-0.4, -0.2) is 30.2 Å². The van der Waals surface area contributed by atoms with Crippen molar-refractivity contribution in [2.75, 3.05) is 16.3 Å². The highest BCUT2D eigenvalue weighted by molar-refractivity contribution is 6.30. The smallest absolute Gasteiger partial charge is 0.316 e. The van der Waals surface area contributed by atoms with Crippen molar-refractivity contribution in [3.05, 3.63) is 65.2 Å². The van der Waals surface area contributed by atoms with Gasteiger partial charge in [-0.2, -0.15) is 0 Å². The lowest BCUT2D eigenvalue weighted by atomic mass is 9.63. The van der Waals surface area contributed by atoms with Gasteiger partial charge in [0.05, 0.1) is 23.4 Å². The van der Waals surface area contributed by atoms with Gasteiger partial charge in [0.1, 0.15) is 5.75 Å². The highest BCUT2D eigenvalue weighted by Crippen LogP contribution is 2.65. The van der Waals surface area contributed by atoms with E-state index in [1.165, 1.54) is 4.90 Å². The summed E-state index contributed by atoms with van der Waals surface area (Å²) in [5.41, 5.74) is 1.91.